The molecule has 0 aliphatic carbocycles. The van der Waals surface area contributed by atoms with Crippen LogP contribution in [0.1, 0.15) is 21.1 Å². The molecule has 2 aromatic rings. The molecule has 5 heteroatoms. The van der Waals surface area contributed by atoms with Crippen LogP contribution in [-0.2, 0) is 0 Å². The Morgan fingerprint density at radius 2 is 2.21 bits per heavy atom. The van der Waals surface area contributed by atoms with Gasteiger partial charge in [-0.3, -0.25) is 4.79 Å². The van der Waals surface area contributed by atoms with E-state index in [0.717, 1.165) is 9.48 Å². The van der Waals surface area contributed by atoms with Crippen LogP contribution < -0.4 is 0 Å². The van der Waals surface area contributed by atoms with Crippen LogP contribution in [0.5, 0.6) is 0 Å². The molecule has 0 saturated heterocycles. The third kappa shape index (κ3) is 1.80. The topological polar surface area (TPSA) is 30.0 Å². The summed E-state index contributed by atoms with van der Waals surface area (Å²) >= 11 is 6.33. The molecule has 0 N–H and O–H groups in total. The van der Waals surface area contributed by atoms with E-state index in [1.54, 1.807) is 5.38 Å². The molecule has 2 rings (SSSR count). The first-order valence-electron chi connectivity index (χ1n) is 3.87. The first-order chi connectivity index (χ1) is 6.68. The third-order valence-electron chi connectivity index (χ3n) is 1.71. The average Bonchev–Trinajstić information content (AvgIpc) is 2.73. The summed E-state index contributed by atoms with van der Waals surface area (Å²) in [6, 6.07) is 0. The molecule has 2 aromatic heterocycles. The highest BCUT2D eigenvalue weighted by Crippen LogP contribution is 2.24. The highest BCUT2D eigenvalue weighted by atomic mass is 79.9. The van der Waals surface area contributed by atoms with E-state index in [1.807, 2.05) is 17.7 Å². The fourth-order valence-electron chi connectivity index (χ4n) is 1.05. The molecular weight excluding hydrogens is 282 g/mol. The van der Waals surface area contributed by atoms with Crippen LogP contribution in [0.2, 0.25) is 0 Å². The van der Waals surface area contributed by atoms with Crippen molar-refractivity contribution >= 4 is 44.4 Å². The Kier molecular flexibility index (Phi) is 2.80. The number of halogens is 1. The van der Waals surface area contributed by atoms with Crippen molar-refractivity contribution in [3.63, 3.8) is 0 Å². The van der Waals surface area contributed by atoms with Crippen LogP contribution in [0, 0.1) is 6.92 Å². The number of thiophene rings is 1. The molecule has 0 spiro atoms. The largest absolute Gasteiger partial charge is 0.287 e. The van der Waals surface area contributed by atoms with Crippen LogP contribution >= 0.6 is 38.6 Å². The molecule has 0 aromatic carbocycles. The van der Waals surface area contributed by atoms with Gasteiger partial charge in [0.2, 0.25) is 5.78 Å². The molecule has 0 atom stereocenters. The van der Waals surface area contributed by atoms with Gasteiger partial charge in [0.05, 0.1) is 5.01 Å². The number of nitrogens with zero attached hydrogens (tertiary/aromatic N) is 1. The van der Waals surface area contributed by atoms with Crippen LogP contribution in [0.15, 0.2) is 20.6 Å². The third-order valence-corrected chi connectivity index (χ3v) is 4.19. The van der Waals surface area contributed by atoms with Crippen LogP contribution in [0.4, 0.5) is 0 Å². The predicted octanol–water partition coefficient (Wildman–Crippen LogP) is 3.51. The summed E-state index contributed by atoms with van der Waals surface area (Å²) in [6.07, 6.45) is 0. The van der Waals surface area contributed by atoms with Crippen molar-refractivity contribution in [3.05, 3.63) is 36.9 Å². The minimum absolute atomic E-state index is 0.0116. The maximum atomic E-state index is 11.9. The van der Waals surface area contributed by atoms with Crippen molar-refractivity contribution in [2.45, 2.75) is 6.92 Å². The van der Waals surface area contributed by atoms with Crippen molar-refractivity contribution in [1.82, 2.24) is 4.98 Å². The van der Waals surface area contributed by atoms with Crippen molar-refractivity contribution in [2.75, 3.05) is 0 Å². The molecule has 0 saturated carbocycles. The number of aromatic nitrogens is 1. The molecule has 72 valence electrons. The summed E-state index contributed by atoms with van der Waals surface area (Å²) in [5.74, 6) is -0.0116. The summed E-state index contributed by atoms with van der Waals surface area (Å²) in [4.78, 5) is 16.0. The minimum Gasteiger partial charge on any atom is -0.287 e. The normalized spacial score (nSPS) is 10.4. The number of thiazole rings is 1. The van der Waals surface area contributed by atoms with Gasteiger partial charge in [-0.25, -0.2) is 4.98 Å². The van der Waals surface area contributed by atoms with Gasteiger partial charge < -0.3 is 0 Å². The lowest BCUT2D eigenvalue weighted by molar-refractivity contribution is 0.103. The van der Waals surface area contributed by atoms with Crippen molar-refractivity contribution in [2.24, 2.45) is 0 Å². The summed E-state index contributed by atoms with van der Waals surface area (Å²) in [5, 5.41) is 6.44. The number of carbonyl (C=O) groups is 1. The zero-order valence-electron chi connectivity index (χ0n) is 7.28. The van der Waals surface area contributed by atoms with Crippen molar-refractivity contribution in [1.29, 1.82) is 0 Å². The Bertz CT molecular complexity index is 475. The number of hydrogen-bond donors (Lipinski definition) is 0. The van der Waals surface area contributed by atoms with Crippen LogP contribution in [0.25, 0.3) is 0 Å². The molecule has 0 fully saturated rings. The second-order valence-corrected chi connectivity index (χ2v) is 5.37. The van der Waals surface area contributed by atoms with E-state index in [1.165, 1.54) is 22.7 Å². The molecule has 0 radical (unpaired) electrons. The minimum atomic E-state index is -0.0116. The Morgan fingerprint density at radius 1 is 1.43 bits per heavy atom. The van der Waals surface area contributed by atoms with E-state index in [0.29, 0.717) is 11.3 Å². The smallest absolute Gasteiger partial charge is 0.214 e. The Morgan fingerprint density at radius 3 is 2.71 bits per heavy atom. The summed E-state index contributed by atoms with van der Waals surface area (Å²) in [6.45, 7) is 1.89. The maximum Gasteiger partial charge on any atom is 0.214 e. The molecule has 0 aliphatic rings. The molecule has 14 heavy (non-hydrogen) atoms. The van der Waals surface area contributed by atoms with Gasteiger partial charge in [0.25, 0.3) is 0 Å². The van der Waals surface area contributed by atoms with E-state index < -0.39 is 0 Å². The Balaban J connectivity index is 2.38. The number of aryl methyl sites for hydroxylation is 1. The molecule has 0 bridgehead atoms. The zero-order valence-corrected chi connectivity index (χ0v) is 10.5. The lowest BCUT2D eigenvalue weighted by Gasteiger charge is -1.93. The summed E-state index contributed by atoms with van der Waals surface area (Å²) in [7, 11) is 0. The van der Waals surface area contributed by atoms with E-state index in [4.69, 9.17) is 0 Å². The second kappa shape index (κ2) is 3.92. The molecule has 2 heterocycles. The maximum absolute atomic E-state index is 11.9. The van der Waals surface area contributed by atoms with Crippen LogP contribution in [-0.4, -0.2) is 10.8 Å². The zero-order chi connectivity index (χ0) is 10.1. The Hall–Kier alpha value is -0.520. The van der Waals surface area contributed by atoms with Gasteiger partial charge in [-0.05, 0) is 22.9 Å². The quantitative estimate of drug-likeness (QED) is 0.792. The van der Waals surface area contributed by atoms with E-state index >= 15 is 0 Å². The predicted molar refractivity (Wildman–Crippen MR) is 62.3 cm³/mol. The summed E-state index contributed by atoms with van der Waals surface area (Å²) < 4.78 is 0.846. The number of rotatable bonds is 2. The lowest BCUT2D eigenvalue weighted by atomic mass is 10.2. The standard InChI is InChI=1S/C9H6BrNOS2/c1-5-11-8(4-14-5)9(12)6-2-13-3-7(6)10/h2-4H,1H3. The van der Waals surface area contributed by atoms with Gasteiger partial charge in [0, 0.05) is 26.2 Å². The van der Waals surface area contributed by atoms with Crippen molar-refractivity contribution in [3.8, 4) is 0 Å². The number of hydrogen-bond acceptors (Lipinski definition) is 4. The molecule has 0 amide bonds. The fourth-order valence-corrected chi connectivity index (χ4v) is 3.10. The van der Waals surface area contributed by atoms with Crippen molar-refractivity contribution < 1.29 is 4.79 Å². The fraction of sp³-hybridized carbons (Fsp3) is 0.111. The second-order valence-electron chi connectivity index (χ2n) is 2.71. The van der Waals surface area contributed by atoms with Gasteiger partial charge in [0.1, 0.15) is 5.69 Å². The van der Waals surface area contributed by atoms with E-state index in [-0.39, 0.29) is 5.78 Å². The van der Waals surface area contributed by atoms with E-state index in [2.05, 4.69) is 20.9 Å². The Labute approximate surface area is 97.7 Å². The first-order valence-corrected chi connectivity index (χ1v) is 6.48. The van der Waals surface area contributed by atoms with Gasteiger partial charge in [-0.2, -0.15) is 11.3 Å². The number of ketones is 1. The molecule has 0 aliphatic heterocycles. The summed E-state index contributed by atoms with van der Waals surface area (Å²) in [5.41, 5.74) is 1.23. The van der Waals surface area contributed by atoms with Crippen LogP contribution in [0.3, 0.4) is 0 Å². The molecule has 2 nitrogen and oxygen atoms in total. The van der Waals surface area contributed by atoms with Gasteiger partial charge in [-0.1, -0.05) is 0 Å². The SMILES string of the molecule is Cc1nc(C(=O)c2cscc2Br)cs1. The van der Waals surface area contributed by atoms with Gasteiger partial charge in [-0.15, -0.1) is 11.3 Å². The highest BCUT2D eigenvalue weighted by Gasteiger charge is 2.15. The van der Waals surface area contributed by atoms with Gasteiger partial charge in [0.15, 0.2) is 0 Å². The monoisotopic (exact) mass is 287 g/mol. The molecular formula is C9H6BrNOS2. The van der Waals surface area contributed by atoms with Gasteiger partial charge >= 0.3 is 0 Å². The first kappa shape index (κ1) is 10.0. The number of carbonyl (C=O) groups excluding carboxylic acids is 1. The highest BCUT2D eigenvalue weighted by molar-refractivity contribution is 9.10. The average molecular weight is 288 g/mol. The van der Waals surface area contributed by atoms with E-state index in [9.17, 15) is 4.79 Å². The lowest BCUT2D eigenvalue weighted by Crippen LogP contribution is -2.00. The molecule has 0 unspecified atom stereocenters.